The third-order valence-electron chi connectivity index (χ3n) is 7.48. The number of hydrogen-bond acceptors (Lipinski definition) is 5. The maximum Gasteiger partial charge on any atom is 0.271 e. The summed E-state index contributed by atoms with van der Waals surface area (Å²) >= 11 is 0. The molecule has 0 radical (unpaired) electrons. The zero-order chi connectivity index (χ0) is 26.9. The van der Waals surface area contributed by atoms with E-state index in [1.54, 1.807) is 18.2 Å². The Hall–Kier alpha value is -4.23. The highest BCUT2D eigenvalue weighted by Crippen LogP contribution is 2.44. The van der Waals surface area contributed by atoms with Crippen molar-refractivity contribution in [3.63, 3.8) is 0 Å². The monoisotopic (exact) mass is 522 g/mol. The van der Waals surface area contributed by atoms with E-state index < -0.39 is 0 Å². The van der Waals surface area contributed by atoms with Crippen molar-refractivity contribution in [2.45, 2.75) is 19.4 Å². The average molecular weight is 523 g/mol. The molecule has 0 bridgehead atoms. The second-order valence-electron chi connectivity index (χ2n) is 10.4. The fraction of sp³-hybridized carbons (Fsp3) is 0.250. The van der Waals surface area contributed by atoms with Gasteiger partial charge in [-0.3, -0.25) is 4.79 Å². The molecule has 1 aromatic heterocycles. The summed E-state index contributed by atoms with van der Waals surface area (Å²) in [5, 5.41) is 11.7. The van der Waals surface area contributed by atoms with Crippen LogP contribution in [0.1, 0.15) is 23.2 Å². The minimum atomic E-state index is -0.318. The molecule has 7 heteroatoms. The third-order valence-corrected chi connectivity index (χ3v) is 7.48. The molecule has 2 aromatic carbocycles. The van der Waals surface area contributed by atoms with Crippen molar-refractivity contribution in [1.29, 1.82) is 0 Å². The Bertz CT molecular complexity index is 1570. The van der Waals surface area contributed by atoms with E-state index in [2.05, 4.69) is 35.4 Å². The molecule has 0 amide bonds. The van der Waals surface area contributed by atoms with Crippen LogP contribution >= 0.6 is 0 Å². The fourth-order valence-corrected chi connectivity index (χ4v) is 5.18. The number of aromatic nitrogens is 2. The van der Waals surface area contributed by atoms with E-state index in [9.17, 15) is 9.18 Å². The van der Waals surface area contributed by atoms with Gasteiger partial charge in [-0.05, 0) is 71.7 Å². The Morgan fingerprint density at radius 2 is 1.95 bits per heavy atom. The minimum absolute atomic E-state index is 0.0418. The number of rotatable bonds is 8. The first-order valence-corrected chi connectivity index (χ1v) is 13.3. The molecule has 3 aliphatic rings. The first-order chi connectivity index (χ1) is 19.0. The SMILES string of the molecule is C=C(/C(=C1\NCC(COCC2=CC3CC3C=C2)N1)c1ccc(=O)n(-c2ccccc2C)n1)c1ccc(F)cc1. The predicted molar refractivity (Wildman–Crippen MR) is 151 cm³/mol. The lowest BCUT2D eigenvalue weighted by molar-refractivity contribution is 0.141. The molecular formula is C32H31FN4O2. The number of halogens is 1. The molecule has 3 unspecified atom stereocenters. The first-order valence-electron chi connectivity index (χ1n) is 13.3. The maximum absolute atomic E-state index is 13.7. The maximum atomic E-state index is 13.7. The summed E-state index contributed by atoms with van der Waals surface area (Å²) in [7, 11) is 0. The van der Waals surface area contributed by atoms with Gasteiger partial charge in [0.25, 0.3) is 5.56 Å². The summed E-state index contributed by atoms with van der Waals surface area (Å²) in [5.41, 5.74) is 5.35. The average Bonchev–Trinajstić information content (AvgIpc) is 3.58. The van der Waals surface area contributed by atoms with E-state index in [0.717, 1.165) is 22.9 Å². The fourth-order valence-electron chi connectivity index (χ4n) is 5.18. The number of hydrogen-bond donors (Lipinski definition) is 2. The molecule has 2 aliphatic carbocycles. The molecule has 198 valence electrons. The van der Waals surface area contributed by atoms with Gasteiger partial charge in [0.1, 0.15) is 11.6 Å². The Kier molecular flexibility index (Phi) is 6.75. The van der Waals surface area contributed by atoms with Crippen LogP contribution in [0.4, 0.5) is 4.39 Å². The van der Waals surface area contributed by atoms with Crippen LogP contribution in [-0.2, 0) is 4.74 Å². The lowest BCUT2D eigenvalue weighted by atomic mass is 9.96. The van der Waals surface area contributed by atoms with E-state index in [1.807, 2.05) is 31.2 Å². The topological polar surface area (TPSA) is 68.2 Å². The minimum Gasteiger partial charge on any atom is -0.375 e. The van der Waals surface area contributed by atoms with Gasteiger partial charge in [-0.25, -0.2) is 4.39 Å². The smallest absolute Gasteiger partial charge is 0.271 e. The van der Waals surface area contributed by atoms with Gasteiger partial charge >= 0.3 is 0 Å². The number of ether oxygens (including phenoxy) is 1. The van der Waals surface area contributed by atoms with E-state index in [1.165, 1.54) is 34.9 Å². The highest BCUT2D eigenvalue weighted by molar-refractivity contribution is 6.04. The summed E-state index contributed by atoms with van der Waals surface area (Å²) in [5.74, 6) is 1.87. The summed E-state index contributed by atoms with van der Waals surface area (Å²) in [6, 6.07) is 17.1. The highest BCUT2D eigenvalue weighted by atomic mass is 19.1. The summed E-state index contributed by atoms with van der Waals surface area (Å²) in [4.78, 5) is 12.8. The molecule has 2 heterocycles. The number of allylic oxidation sites excluding steroid dienone is 4. The van der Waals surface area contributed by atoms with E-state index in [0.29, 0.717) is 48.2 Å². The number of fused-ring (bicyclic) bond motifs is 1. The largest absolute Gasteiger partial charge is 0.375 e. The number of para-hydroxylation sites is 1. The van der Waals surface area contributed by atoms with Crippen LogP contribution in [0, 0.1) is 24.6 Å². The standard InChI is InChI=1S/C32H31FN4O2/c1-20-5-3-4-6-29(20)37-30(38)14-13-28(36-37)31(21(2)23-9-11-26(33)12-10-23)32-34-17-27(35-32)19-39-18-22-7-8-24-16-25(24)15-22/h3-15,24-25,27,34-35H,2,16-19H2,1H3/b32-31-. The molecule has 2 N–H and O–H groups in total. The van der Waals surface area contributed by atoms with Crippen molar-refractivity contribution in [3.05, 3.63) is 130 Å². The van der Waals surface area contributed by atoms with Gasteiger partial charge in [-0.1, -0.05) is 55.1 Å². The molecule has 2 fully saturated rings. The van der Waals surface area contributed by atoms with Crippen molar-refractivity contribution in [3.8, 4) is 5.69 Å². The number of aryl methyl sites for hydroxylation is 1. The van der Waals surface area contributed by atoms with Gasteiger partial charge in [0.15, 0.2) is 0 Å². The molecule has 6 rings (SSSR count). The van der Waals surface area contributed by atoms with Crippen LogP contribution in [0.2, 0.25) is 0 Å². The van der Waals surface area contributed by atoms with Crippen molar-refractivity contribution in [2.75, 3.05) is 19.8 Å². The summed E-state index contributed by atoms with van der Waals surface area (Å²) in [6.07, 6.45) is 8.06. The second kappa shape index (κ2) is 10.5. The van der Waals surface area contributed by atoms with Crippen molar-refractivity contribution < 1.29 is 9.13 Å². The molecule has 1 saturated heterocycles. The van der Waals surface area contributed by atoms with Crippen LogP contribution < -0.4 is 16.2 Å². The van der Waals surface area contributed by atoms with Crippen molar-refractivity contribution in [2.24, 2.45) is 11.8 Å². The molecular weight excluding hydrogens is 491 g/mol. The molecule has 1 saturated carbocycles. The Balaban J connectivity index is 1.29. The van der Waals surface area contributed by atoms with E-state index >= 15 is 0 Å². The number of nitrogens with zero attached hydrogens (tertiary/aromatic N) is 2. The zero-order valence-corrected chi connectivity index (χ0v) is 21.9. The zero-order valence-electron chi connectivity index (χ0n) is 21.9. The second-order valence-corrected chi connectivity index (χ2v) is 10.4. The van der Waals surface area contributed by atoms with Crippen molar-refractivity contribution >= 4 is 11.1 Å². The van der Waals surface area contributed by atoms with Gasteiger partial charge in [0, 0.05) is 18.2 Å². The van der Waals surface area contributed by atoms with Gasteiger partial charge in [-0.15, -0.1) is 0 Å². The van der Waals surface area contributed by atoms with Crippen LogP contribution in [-0.4, -0.2) is 35.6 Å². The lowest BCUT2D eigenvalue weighted by Gasteiger charge is -2.17. The Morgan fingerprint density at radius 1 is 1.13 bits per heavy atom. The predicted octanol–water partition coefficient (Wildman–Crippen LogP) is 4.77. The van der Waals surface area contributed by atoms with Gasteiger partial charge in [0.2, 0.25) is 0 Å². The van der Waals surface area contributed by atoms with Crippen molar-refractivity contribution in [1.82, 2.24) is 20.4 Å². The molecule has 3 aromatic rings. The van der Waals surface area contributed by atoms with Gasteiger partial charge < -0.3 is 15.4 Å². The quantitative estimate of drug-likeness (QED) is 0.446. The molecule has 0 spiro atoms. The van der Waals surface area contributed by atoms with E-state index in [-0.39, 0.29) is 17.4 Å². The molecule has 1 aliphatic heterocycles. The highest BCUT2D eigenvalue weighted by Gasteiger charge is 2.35. The summed E-state index contributed by atoms with van der Waals surface area (Å²) in [6.45, 7) is 8.07. The summed E-state index contributed by atoms with van der Waals surface area (Å²) < 4.78 is 21.2. The van der Waals surface area contributed by atoms with Gasteiger partial charge in [0.05, 0.1) is 30.6 Å². The Labute approximate surface area is 227 Å². The molecule has 39 heavy (non-hydrogen) atoms. The lowest BCUT2D eigenvalue weighted by Crippen LogP contribution is -2.29. The molecule has 3 atom stereocenters. The Morgan fingerprint density at radius 3 is 2.74 bits per heavy atom. The number of benzene rings is 2. The van der Waals surface area contributed by atoms with Crippen LogP contribution in [0.25, 0.3) is 16.8 Å². The van der Waals surface area contributed by atoms with Crippen LogP contribution in [0.5, 0.6) is 0 Å². The van der Waals surface area contributed by atoms with Gasteiger partial charge in [-0.2, -0.15) is 9.78 Å². The normalized spacial score (nSPS) is 22.4. The van der Waals surface area contributed by atoms with Crippen LogP contribution in [0.15, 0.2) is 102 Å². The van der Waals surface area contributed by atoms with Crippen LogP contribution in [0.3, 0.4) is 0 Å². The third kappa shape index (κ3) is 5.36. The first kappa shape index (κ1) is 25.1. The molecule has 6 nitrogen and oxygen atoms in total. The van der Waals surface area contributed by atoms with E-state index in [4.69, 9.17) is 9.84 Å². The number of nitrogens with one attached hydrogen (secondary N) is 2.